The van der Waals surface area contributed by atoms with E-state index >= 15 is 0 Å². The molecule has 1 aliphatic rings. The maximum absolute atomic E-state index is 12.8. The molecule has 2 aromatic heterocycles. The number of aryl methyl sites for hydroxylation is 1. The van der Waals surface area contributed by atoms with Crippen molar-refractivity contribution in [3.8, 4) is 0 Å². The molecule has 3 heterocycles. The molecule has 0 bridgehead atoms. The molecule has 1 fully saturated rings. The van der Waals surface area contributed by atoms with Crippen molar-refractivity contribution in [1.29, 1.82) is 0 Å². The van der Waals surface area contributed by atoms with E-state index in [1.54, 1.807) is 18.0 Å². The Morgan fingerprint density at radius 2 is 2.28 bits per heavy atom. The third kappa shape index (κ3) is 3.82. The molecule has 3 rings (SSSR count). The van der Waals surface area contributed by atoms with Crippen LogP contribution in [0.25, 0.3) is 5.65 Å². The maximum Gasteiger partial charge on any atom is 0.307 e. The van der Waals surface area contributed by atoms with E-state index in [9.17, 15) is 9.59 Å². The third-order valence-electron chi connectivity index (χ3n) is 4.40. The summed E-state index contributed by atoms with van der Waals surface area (Å²) in [6.45, 7) is 5.42. The lowest BCUT2D eigenvalue weighted by atomic mass is 10.1. The first-order valence-corrected chi connectivity index (χ1v) is 8.54. The summed E-state index contributed by atoms with van der Waals surface area (Å²) < 4.78 is 12.4. The first-order valence-electron chi connectivity index (χ1n) is 8.54. The summed E-state index contributed by atoms with van der Waals surface area (Å²) in [7, 11) is 0. The van der Waals surface area contributed by atoms with Gasteiger partial charge in [-0.15, -0.1) is 0 Å². The molecule has 1 saturated heterocycles. The number of aromatic nitrogens is 2. The van der Waals surface area contributed by atoms with Crippen LogP contribution in [-0.2, 0) is 25.5 Å². The Bertz CT molecular complexity index is 771. The monoisotopic (exact) mass is 345 g/mol. The second-order valence-corrected chi connectivity index (χ2v) is 6.14. The van der Waals surface area contributed by atoms with E-state index < -0.39 is 0 Å². The van der Waals surface area contributed by atoms with Crippen molar-refractivity contribution >= 4 is 17.5 Å². The number of nitrogens with zero attached hydrogens (tertiary/aromatic N) is 3. The van der Waals surface area contributed by atoms with Gasteiger partial charge in [-0.2, -0.15) is 0 Å². The molecule has 0 aromatic carbocycles. The van der Waals surface area contributed by atoms with Crippen LogP contribution >= 0.6 is 0 Å². The summed E-state index contributed by atoms with van der Waals surface area (Å²) >= 11 is 0. The molecule has 134 valence electrons. The molecule has 1 amide bonds. The minimum absolute atomic E-state index is 0.0269. The van der Waals surface area contributed by atoms with Gasteiger partial charge < -0.3 is 18.8 Å². The number of pyridine rings is 1. The van der Waals surface area contributed by atoms with Crippen molar-refractivity contribution in [3.05, 3.63) is 35.8 Å². The van der Waals surface area contributed by atoms with Crippen molar-refractivity contribution in [2.24, 2.45) is 0 Å². The Kier molecular flexibility index (Phi) is 5.33. The van der Waals surface area contributed by atoms with Gasteiger partial charge in [-0.1, -0.05) is 6.07 Å². The number of ether oxygens (including phenoxy) is 2. The third-order valence-corrected chi connectivity index (χ3v) is 4.40. The zero-order chi connectivity index (χ0) is 17.8. The van der Waals surface area contributed by atoms with Gasteiger partial charge in [0, 0.05) is 18.9 Å². The van der Waals surface area contributed by atoms with Gasteiger partial charge in [-0.05, 0) is 25.5 Å². The molecular formula is C18H23N3O4. The molecule has 25 heavy (non-hydrogen) atoms. The number of imidazole rings is 1. The zero-order valence-corrected chi connectivity index (χ0v) is 14.6. The number of fused-ring (bicyclic) bond motifs is 1. The summed E-state index contributed by atoms with van der Waals surface area (Å²) in [5.41, 5.74) is 2.76. The highest BCUT2D eigenvalue weighted by molar-refractivity contribution is 5.80. The van der Waals surface area contributed by atoms with Crippen molar-refractivity contribution < 1.29 is 19.1 Å². The molecular weight excluding hydrogens is 322 g/mol. The largest absolute Gasteiger partial charge is 0.466 e. The average Bonchev–Trinajstić information content (AvgIpc) is 3.00. The average molecular weight is 345 g/mol. The minimum atomic E-state index is -0.304. The van der Waals surface area contributed by atoms with Crippen molar-refractivity contribution in [1.82, 2.24) is 14.3 Å². The van der Waals surface area contributed by atoms with E-state index in [1.807, 2.05) is 29.7 Å². The molecule has 0 spiro atoms. The molecule has 0 unspecified atom stereocenters. The molecule has 7 heteroatoms. The molecule has 0 aliphatic carbocycles. The van der Waals surface area contributed by atoms with Gasteiger partial charge in [-0.3, -0.25) is 9.59 Å². The fourth-order valence-corrected chi connectivity index (χ4v) is 3.15. The number of carbonyl (C=O) groups is 2. The van der Waals surface area contributed by atoms with Gasteiger partial charge >= 0.3 is 5.97 Å². The highest BCUT2D eigenvalue weighted by Crippen LogP contribution is 2.16. The number of morpholine rings is 1. The first kappa shape index (κ1) is 17.4. The minimum Gasteiger partial charge on any atom is -0.466 e. The molecule has 0 saturated carbocycles. The van der Waals surface area contributed by atoms with Crippen LogP contribution in [0.3, 0.4) is 0 Å². The van der Waals surface area contributed by atoms with Crippen LogP contribution in [0.5, 0.6) is 0 Å². The van der Waals surface area contributed by atoms with Crippen LogP contribution in [0.15, 0.2) is 24.5 Å². The smallest absolute Gasteiger partial charge is 0.307 e. The molecule has 7 nitrogen and oxygen atoms in total. The molecule has 1 aliphatic heterocycles. The maximum atomic E-state index is 12.8. The lowest BCUT2D eigenvalue weighted by Gasteiger charge is -2.35. The number of hydrogen-bond donors (Lipinski definition) is 0. The Hall–Kier alpha value is -2.41. The van der Waals surface area contributed by atoms with Crippen molar-refractivity contribution in [2.75, 3.05) is 26.4 Å². The summed E-state index contributed by atoms with van der Waals surface area (Å²) in [6.07, 6.45) is 4.05. The van der Waals surface area contributed by atoms with E-state index in [0.717, 1.165) is 16.9 Å². The van der Waals surface area contributed by atoms with Gasteiger partial charge in [-0.25, -0.2) is 4.98 Å². The van der Waals surface area contributed by atoms with E-state index in [-0.39, 0.29) is 30.8 Å². The second-order valence-electron chi connectivity index (χ2n) is 6.14. The lowest BCUT2D eigenvalue weighted by molar-refractivity contribution is -0.149. The van der Waals surface area contributed by atoms with E-state index in [2.05, 4.69) is 4.98 Å². The van der Waals surface area contributed by atoms with E-state index in [0.29, 0.717) is 26.4 Å². The summed E-state index contributed by atoms with van der Waals surface area (Å²) in [5.74, 6) is -0.331. The van der Waals surface area contributed by atoms with E-state index in [1.165, 1.54) is 0 Å². The summed E-state index contributed by atoms with van der Waals surface area (Å²) in [5, 5.41) is 0. The van der Waals surface area contributed by atoms with Crippen LogP contribution in [0, 0.1) is 6.92 Å². The predicted molar refractivity (Wildman–Crippen MR) is 91.2 cm³/mol. The second kappa shape index (κ2) is 7.65. The topological polar surface area (TPSA) is 73.1 Å². The van der Waals surface area contributed by atoms with Crippen molar-refractivity contribution in [2.45, 2.75) is 32.7 Å². The van der Waals surface area contributed by atoms with Gasteiger partial charge in [0.2, 0.25) is 5.91 Å². The fraction of sp³-hybridized carbons (Fsp3) is 0.500. The quantitative estimate of drug-likeness (QED) is 0.765. The molecule has 0 N–H and O–H groups in total. The first-order chi connectivity index (χ1) is 12.1. The lowest BCUT2D eigenvalue weighted by Crippen LogP contribution is -2.50. The number of esters is 1. The Morgan fingerprint density at radius 3 is 3.08 bits per heavy atom. The Labute approximate surface area is 146 Å². The highest BCUT2D eigenvalue weighted by Gasteiger charge is 2.30. The normalized spacial score (nSPS) is 17.7. The van der Waals surface area contributed by atoms with Gasteiger partial charge in [0.25, 0.3) is 0 Å². The van der Waals surface area contributed by atoms with E-state index in [4.69, 9.17) is 9.47 Å². The summed E-state index contributed by atoms with van der Waals surface area (Å²) in [6, 6.07) is 3.66. The van der Waals surface area contributed by atoms with Crippen LogP contribution < -0.4 is 0 Å². The van der Waals surface area contributed by atoms with Crippen LogP contribution in [0.2, 0.25) is 0 Å². The number of rotatable bonds is 5. The van der Waals surface area contributed by atoms with Crippen LogP contribution in [-0.4, -0.2) is 58.6 Å². The highest BCUT2D eigenvalue weighted by atomic mass is 16.5. The number of hydrogen-bond acceptors (Lipinski definition) is 5. The van der Waals surface area contributed by atoms with Crippen LogP contribution in [0.1, 0.15) is 24.6 Å². The number of carbonyl (C=O) groups excluding carboxylic acids is 2. The molecule has 0 radical (unpaired) electrons. The van der Waals surface area contributed by atoms with Gasteiger partial charge in [0.15, 0.2) is 0 Å². The fourth-order valence-electron chi connectivity index (χ4n) is 3.15. The van der Waals surface area contributed by atoms with Gasteiger partial charge in [0.1, 0.15) is 5.65 Å². The molecule has 1 atom stereocenters. The SMILES string of the molecule is CCOC(=O)C[C@@H]1COCCN1C(=O)Cc1cnc2c(C)cccn12. The number of amides is 1. The van der Waals surface area contributed by atoms with Crippen LogP contribution in [0.4, 0.5) is 0 Å². The Morgan fingerprint density at radius 1 is 1.44 bits per heavy atom. The Balaban J connectivity index is 1.73. The van der Waals surface area contributed by atoms with Crippen molar-refractivity contribution in [3.63, 3.8) is 0 Å². The summed E-state index contributed by atoms with van der Waals surface area (Å²) in [4.78, 5) is 30.7. The zero-order valence-electron chi connectivity index (χ0n) is 14.6. The predicted octanol–water partition coefficient (Wildman–Crippen LogP) is 1.37. The molecule has 2 aromatic rings. The van der Waals surface area contributed by atoms with Gasteiger partial charge in [0.05, 0.1) is 44.4 Å². The standard InChI is InChI=1S/C18H23N3O4/c1-3-25-17(23)10-15-12-24-8-7-20(15)16(22)9-14-11-19-18-13(2)5-4-6-21(14)18/h4-6,11,15H,3,7-10,12H2,1-2H3/t15-/m1/s1.